The fourth-order valence-electron chi connectivity index (χ4n) is 7.10. The van der Waals surface area contributed by atoms with Crippen LogP contribution in [0.5, 0.6) is 5.75 Å². The molecule has 1 aliphatic heterocycles. The molecule has 0 bridgehead atoms. The third-order valence-electron chi connectivity index (χ3n) is 10.4. The van der Waals surface area contributed by atoms with Crippen LogP contribution in [-0.4, -0.2) is 59.8 Å². The number of esters is 2. The van der Waals surface area contributed by atoms with Gasteiger partial charge in [0.15, 0.2) is 6.10 Å². The molecule has 0 radical (unpaired) electrons. The van der Waals surface area contributed by atoms with Gasteiger partial charge in [-0.2, -0.15) is 0 Å². The SMILES string of the molecule is CCCCCCCCCCCC(=O)OC[C@H]1O[C@@H](c2ccc(Cl)c(Cc3ccc(OCC)cc3)c2)[C@H](O)[C@@H](OC(=O)CCCCCCCCCCC)[C@@H]1O. The van der Waals surface area contributed by atoms with E-state index in [0.29, 0.717) is 30.0 Å². The van der Waals surface area contributed by atoms with Gasteiger partial charge in [0.1, 0.15) is 36.8 Å². The second kappa shape index (κ2) is 27.0. The van der Waals surface area contributed by atoms with Crippen LogP contribution in [0, 0.1) is 0 Å². The van der Waals surface area contributed by atoms with Crippen molar-refractivity contribution in [2.45, 2.75) is 186 Å². The first kappa shape index (κ1) is 45.7. The molecule has 304 valence electrons. The van der Waals surface area contributed by atoms with E-state index in [9.17, 15) is 19.8 Å². The van der Waals surface area contributed by atoms with Gasteiger partial charge in [-0.05, 0) is 61.1 Å². The van der Waals surface area contributed by atoms with Crippen molar-refractivity contribution in [1.29, 1.82) is 0 Å². The molecule has 0 spiro atoms. The molecule has 0 amide bonds. The zero-order valence-corrected chi connectivity index (χ0v) is 34.2. The quantitative estimate of drug-likeness (QED) is 0.0649. The number of aliphatic hydroxyl groups is 2. The number of carbonyl (C=O) groups excluding carboxylic acids is 2. The summed E-state index contributed by atoms with van der Waals surface area (Å²) in [5, 5.41) is 23.5. The van der Waals surface area contributed by atoms with Crippen LogP contribution >= 0.6 is 11.6 Å². The van der Waals surface area contributed by atoms with Gasteiger partial charge in [0.2, 0.25) is 0 Å². The van der Waals surface area contributed by atoms with Crippen molar-refractivity contribution in [3.8, 4) is 5.75 Å². The molecule has 0 aliphatic carbocycles. The Labute approximate surface area is 330 Å². The molecular formula is C45H69ClO8. The number of rotatable bonds is 28. The van der Waals surface area contributed by atoms with Crippen molar-refractivity contribution in [3.63, 3.8) is 0 Å². The van der Waals surface area contributed by atoms with E-state index >= 15 is 0 Å². The summed E-state index contributed by atoms with van der Waals surface area (Å²) in [4.78, 5) is 25.8. The number of aliphatic hydroxyl groups excluding tert-OH is 2. The molecule has 2 aromatic rings. The van der Waals surface area contributed by atoms with Crippen LogP contribution in [0.1, 0.15) is 172 Å². The Balaban J connectivity index is 1.63. The minimum Gasteiger partial charge on any atom is -0.494 e. The zero-order chi connectivity index (χ0) is 39.0. The number of hydrogen-bond donors (Lipinski definition) is 2. The predicted octanol–water partition coefficient (Wildman–Crippen LogP) is 10.8. The average Bonchev–Trinajstić information content (AvgIpc) is 3.16. The van der Waals surface area contributed by atoms with E-state index in [2.05, 4.69) is 13.8 Å². The highest BCUT2D eigenvalue weighted by Gasteiger charge is 2.47. The molecule has 2 N–H and O–H groups in total. The third kappa shape index (κ3) is 17.0. The Morgan fingerprint density at radius 3 is 1.78 bits per heavy atom. The molecule has 8 nitrogen and oxygen atoms in total. The maximum Gasteiger partial charge on any atom is 0.306 e. The molecule has 54 heavy (non-hydrogen) atoms. The first-order valence-electron chi connectivity index (χ1n) is 21.1. The standard InChI is InChI=1S/C45H69ClO8/c1-4-7-9-11-13-15-17-19-21-23-40(47)52-33-39-42(49)45(54-41(48)24-22-20-18-16-14-12-10-8-5-2)43(50)44(53-39)35-27-30-38(46)36(32-35)31-34-25-28-37(29-26-34)51-6-3/h25-30,32,39,42-45,49-50H,4-24,31,33H2,1-3H3/t39-,42-,43+,44+,45+/m1/s1. The first-order chi connectivity index (χ1) is 26.3. The van der Waals surface area contributed by atoms with Gasteiger partial charge in [-0.3, -0.25) is 9.59 Å². The van der Waals surface area contributed by atoms with Gasteiger partial charge >= 0.3 is 11.9 Å². The van der Waals surface area contributed by atoms with Gasteiger partial charge in [0.25, 0.3) is 0 Å². The Morgan fingerprint density at radius 2 is 1.22 bits per heavy atom. The Kier molecular flexibility index (Phi) is 22.9. The monoisotopic (exact) mass is 772 g/mol. The molecule has 2 aromatic carbocycles. The van der Waals surface area contributed by atoms with E-state index in [1.807, 2.05) is 37.3 Å². The second-order valence-electron chi connectivity index (χ2n) is 15.0. The Morgan fingerprint density at radius 1 is 0.685 bits per heavy atom. The average molecular weight is 773 g/mol. The highest BCUT2D eigenvalue weighted by molar-refractivity contribution is 6.31. The molecule has 1 saturated heterocycles. The molecule has 5 atom stereocenters. The van der Waals surface area contributed by atoms with Crippen LogP contribution < -0.4 is 4.74 Å². The van der Waals surface area contributed by atoms with Crippen molar-refractivity contribution in [2.24, 2.45) is 0 Å². The molecule has 3 rings (SSSR count). The lowest BCUT2D eigenvalue weighted by molar-refractivity contribution is -0.243. The molecule has 0 saturated carbocycles. The predicted molar refractivity (Wildman–Crippen MR) is 216 cm³/mol. The number of unbranched alkanes of at least 4 members (excludes halogenated alkanes) is 16. The van der Waals surface area contributed by atoms with Crippen LogP contribution in [0.2, 0.25) is 5.02 Å². The van der Waals surface area contributed by atoms with Crippen molar-refractivity contribution in [2.75, 3.05) is 13.2 Å². The fourth-order valence-corrected chi connectivity index (χ4v) is 7.29. The number of benzene rings is 2. The van der Waals surface area contributed by atoms with Gasteiger partial charge in [-0.1, -0.05) is 152 Å². The number of hydrogen-bond acceptors (Lipinski definition) is 8. The molecular weight excluding hydrogens is 704 g/mol. The molecule has 0 unspecified atom stereocenters. The zero-order valence-electron chi connectivity index (χ0n) is 33.4. The van der Waals surface area contributed by atoms with Crippen LogP contribution in [0.3, 0.4) is 0 Å². The lowest BCUT2D eigenvalue weighted by atomic mass is 9.89. The lowest BCUT2D eigenvalue weighted by Crippen LogP contribution is -2.57. The first-order valence-corrected chi connectivity index (χ1v) is 21.5. The second-order valence-corrected chi connectivity index (χ2v) is 15.4. The fraction of sp³-hybridized carbons (Fsp3) is 0.689. The molecule has 1 heterocycles. The molecule has 9 heteroatoms. The van der Waals surface area contributed by atoms with Crippen LogP contribution in [0.4, 0.5) is 0 Å². The van der Waals surface area contributed by atoms with Crippen molar-refractivity contribution < 1.29 is 38.7 Å². The molecule has 0 aromatic heterocycles. The minimum absolute atomic E-state index is 0.197. The van der Waals surface area contributed by atoms with E-state index in [0.717, 1.165) is 55.4 Å². The van der Waals surface area contributed by atoms with Crippen molar-refractivity contribution in [1.82, 2.24) is 0 Å². The van der Waals surface area contributed by atoms with E-state index in [1.165, 1.54) is 70.6 Å². The van der Waals surface area contributed by atoms with Crippen molar-refractivity contribution >= 4 is 23.5 Å². The summed E-state index contributed by atoms with van der Waals surface area (Å²) in [5.41, 5.74) is 2.46. The highest BCUT2D eigenvalue weighted by Crippen LogP contribution is 2.36. The molecule has 1 fully saturated rings. The van der Waals surface area contributed by atoms with Crippen LogP contribution in [0.15, 0.2) is 42.5 Å². The normalized spacial score (nSPS) is 19.8. The van der Waals surface area contributed by atoms with E-state index < -0.39 is 36.5 Å². The minimum atomic E-state index is -1.39. The summed E-state index contributed by atoms with van der Waals surface area (Å²) in [5.74, 6) is -0.0498. The molecule has 1 aliphatic rings. The summed E-state index contributed by atoms with van der Waals surface area (Å²) in [6.45, 7) is 6.74. The summed E-state index contributed by atoms with van der Waals surface area (Å²) >= 11 is 6.65. The smallest absolute Gasteiger partial charge is 0.306 e. The number of ether oxygens (including phenoxy) is 4. The Hall–Kier alpha value is -2.65. The summed E-state index contributed by atoms with van der Waals surface area (Å²) in [6.07, 6.45) is 15.4. The lowest BCUT2D eigenvalue weighted by Gasteiger charge is -2.42. The Bertz CT molecular complexity index is 1320. The summed E-state index contributed by atoms with van der Waals surface area (Å²) in [7, 11) is 0. The van der Waals surface area contributed by atoms with E-state index in [1.54, 1.807) is 12.1 Å². The van der Waals surface area contributed by atoms with E-state index in [-0.39, 0.29) is 25.4 Å². The van der Waals surface area contributed by atoms with E-state index in [4.69, 9.17) is 30.5 Å². The maximum absolute atomic E-state index is 13.1. The van der Waals surface area contributed by atoms with Gasteiger partial charge in [0, 0.05) is 17.9 Å². The van der Waals surface area contributed by atoms with Crippen LogP contribution in [-0.2, 0) is 30.2 Å². The van der Waals surface area contributed by atoms with Gasteiger partial charge in [-0.15, -0.1) is 0 Å². The summed E-state index contributed by atoms with van der Waals surface area (Å²) < 4.78 is 23.2. The highest BCUT2D eigenvalue weighted by atomic mass is 35.5. The maximum atomic E-state index is 13.1. The van der Waals surface area contributed by atoms with Gasteiger partial charge in [0.05, 0.1) is 6.61 Å². The van der Waals surface area contributed by atoms with Crippen molar-refractivity contribution in [3.05, 3.63) is 64.2 Å². The number of carbonyl (C=O) groups is 2. The topological polar surface area (TPSA) is 112 Å². The number of halogens is 1. The van der Waals surface area contributed by atoms with Gasteiger partial charge in [-0.25, -0.2) is 0 Å². The third-order valence-corrected chi connectivity index (χ3v) is 10.7. The van der Waals surface area contributed by atoms with Gasteiger partial charge < -0.3 is 29.2 Å². The summed E-state index contributed by atoms with van der Waals surface area (Å²) in [6, 6.07) is 13.2. The van der Waals surface area contributed by atoms with Crippen LogP contribution in [0.25, 0.3) is 0 Å². The largest absolute Gasteiger partial charge is 0.494 e.